The third-order valence-corrected chi connectivity index (χ3v) is 2.44. The Labute approximate surface area is 91.4 Å². The van der Waals surface area contributed by atoms with Gasteiger partial charge in [-0.1, -0.05) is 23.2 Å². The summed E-state index contributed by atoms with van der Waals surface area (Å²) in [5.74, 6) is 0.552. The number of methoxy groups -OCH3 is 1. The molecule has 1 aromatic heterocycles. The fraction of sp³-hybridized carbons (Fsp3) is 0.100. The van der Waals surface area contributed by atoms with Crippen molar-refractivity contribution in [2.45, 2.75) is 0 Å². The molecule has 0 radical (unpaired) electrons. The summed E-state index contributed by atoms with van der Waals surface area (Å²) >= 11 is 11.8. The van der Waals surface area contributed by atoms with Gasteiger partial charge in [-0.3, -0.25) is 0 Å². The molecule has 1 heterocycles. The lowest BCUT2D eigenvalue weighted by atomic mass is 10.2. The second-order valence-electron chi connectivity index (χ2n) is 2.81. The smallest absolute Gasteiger partial charge is 0.213 e. The third kappa shape index (κ3) is 1.63. The van der Waals surface area contributed by atoms with Crippen molar-refractivity contribution in [3.63, 3.8) is 0 Å². The average Bonchev–Trinajstić information content (AvgIpc) is 2.16. The van der Waals surface area contributed by atoms with Crippen molar-refractivity contribution in [2.75, 3.05) is 7.11 Å². The van der Waals surface area contributed by atoms with Crippen molar-refractivity contribution in [3.05, 3.63) is 34.3 Å². The molecule has 0 unspecified atom stereocenters. The molecule has 0 saturated carbocycles. The highest BCUT2D eigenvalue weighted by molar-refractivity contribution is 6.38. The summed E-state index contributed by atoms with van der Waals surface area (Å²) in [6.45, 7) is 0. The van der Waals surface area contributed by atoms with E-state index in [1.54, 1.807) is 25.3 Å². The van der Waals surface area contributed by atoms with E-state index in [-0.39, 0.29) is 0 Å². The first kappa shape index (κ1) is 9.56. The van der Waals surface area contributed by atoms with Gasteiger partial charge in [-0.15, -0.1) is 0 Å². The van der Waals surface area contributed by atoms with E-state index < -0.39 is 0 Å². The highest BCUT2D eigenvalue weighted by Gasteiger charge is 2.03. The van der Waals surface area contributed by atoms with Gasteiger partial charge in [-0.25, -0.2) is 4.98 Å². The van der Waals surface area contributed by atoms with Crippen LogP contribution in [0.3, 0.4) is 0 Å². The van der Waals surface area contributed by atoms with Crippen LogP contribution in [-0.2, 0) is 0 Å². The van der Waals surface area contributed by atoms with Crippen molar-refractivity contribution in [1.82, 2.24) is 4.98 Å². The molecule has 0 spiro atoms. The fourth-order valence-corrected chi connectivity index (χ4v) is 1.80. The predicted octanol–water partition coefficient (Wildman–Crippen LogP) is 3.55. The van der Waals surface area contributed by atoms with Gasteiger partial charge in [-0.05, 0) is 18.2 Å². The molecule has 0 fully saturated rings. The molecule has 0 bridgehead atoms. The summed E-state index contributed by atoms with van der Waals surface area (Å²) in [5, 5.41) is 2.04. The molecule has 4 heteroatoms. The Morgan fingerprint density at radius 1 is 1.21 bits per heavy atom. The number of halogens is 2. The van der Waals surface area contributed by atoms with Gasteiger partial charge in [0.15, 0.2) is 0 Å². The van der Waals surface area contributed by atoms with Crippen LogP contribution in [-0.4, -0.2) is 12.1 Å². The molecular formula is C10H7Cl2NO. The third-order valence-electron chi connectivity index (χ3n) is 1.90. The van der Waals surface area contributed by atoms with Gasteiger partial charge in [0, 0.05) is 16.5 Å². The number of fused-ring (bicyclic) bond motifs is 1. The molecule has 2 nitrogen and oxygen atoms in total. The SMILES string of the molecule is COc1ccc2c(Cl)cc(Cl)cc2n1. The molecule has 0 aliphatic carbocycles. The largest absolute Gasteiger partial charge is 0.481 e. The van der Waals surface area contributed by atoms with E-state index in [1.807, 2.05) is 6.07 Å². The number of benzene rings is 1. The average molecular weight is 228 g/mol. The maximum Gasteiger partial charge on any atom is 0.213 e. The van der Waals surface area contributed by atoms with Crippen LogP contribution < -0.4 is 4.74 Å². The van der Waals surface area contributed by atoms with E-state index in [2.05, 4.69) is 4.98 Å². The second kappa shape index (κ2) is 3.64. The maximum atomic E-state index is 5.99. The van der Waals surface area contributed by atoms with Crippen molar-refractivity contribution in [1.29, 1.82) is 0 Å². The molecule has 0 aliphatic heterocycles. The number of hydrogen-bond acceptors (Lipinski definition) is 2. The lowest BCUT2D eigenvalue weighted by Gasteiger charge is -2.03. The molecule has 1 aromatic carbocycles. The summed E-state index contributed by atoms with van der Waals surface area (Å²) in [5.41, 5.74) is 0.738. The Hall–Kier alpha value is -0.990. The number of rotatable bonds is 1. The second-order valence-corrected chi connectivity index (χ2v) is 3.65. The molecule has 2 aromatic rings. The Bertz CT molecular complexity index is 485. The standard InChI is InChI=1S/C10H7Cl2NO/c1-14-10-3-2-7-8(12)4-6(11)5-9(7)13-10/h2-5H,1H3. The molecule has 0 aliphatic rings. The highest BCUT2D eigenvalue weighted by Crippen LogP contribution is 2.27. The van der Waals surface area contributed by atoms with E-state index in [4.69, 9.17) is 27.9 Å². The van der Waals surface area contributed by atoms with Crippen LogP contribution in [0, 0.1) is 0 Å². The first-order chi connectivity index (χ1) is 6.70. The van der Waals surface area contributed by atoms with E-state index >= 15 is 0 Å². The molecule has 72 valence electrons. The van der Waals surface area contributed by atoms with E-state index in [0.717, 1.165) is 10.9 Å². The van der Waals surface area contributed by atoms with Gasteiger partial charge in [0.1, 0.15) is 0 Å². The summed E-state index contributed by atoms with van der Waals surface area (Å²) in [7, 11) is 1.57. The van der Waals surface area contributed by atoms with Gasteiger partial charge >= 0.3 is 0 Å². The Morgan fingerprint density at radius 2 is 2.00 bits per heavy atom. The summed E-state index contributed by atoms with van der Waals surface area (Å²) in [4.78, 5) is 4.22. The minimum atomic E-state index is 0.552. The van der Waals surface area contributed by atoms with Crippen molar-refractivity contribution >= 4 is 34.1 Å². The minimum Gasteiger partial charge on any atom is -0.481 e. The van der Waals surface area contributed by atoms with Crippen LogP contribution in [0.1, 0.15) is 0 Å². The van der Waals surface area contributed by atoms with Crippen LogP contribution in [0.2, 0.25) is 10.0 Å². The van der Waals surface area contributed by atoms with Crippen LogP contribution in [0.25, 0.3) is 10.9 Å². The van der Waals surface area contributed by atoms with Gasteiger partial charge in [0.25, 0.3) is 0 Å². The number of ether oxygens (including phenoxy) is 1. The first-order valence-electron chi connectivity index (χ1n) is 4.00. The Balaban J connectivity index is 2.75. The molecule has 0 atom stereocenters. The number of pyridine rings is 1. The van der Waals surface area contributed by atoms with Crippen LogP contribution in [0.15, 0.2) is 24.3 Å². The quantitative estimate of drug-likeness (QED) is 0.744. The van der Waals surface area contributed by atoms with Gasteiger partial charge < -0.3 is 4.74 Å². The zero-order valence-corrected chi connectivity index (χ0v) is 8.93. The Morgan fingerprint density at radius 3 is 2.71 bits per heavy atom. The van der Waals surface area contributed by atoms with Crippen LogP contribution in [0.5, 0.6) is 5.88 Å². The normalized spacial score (nSPS) is 10.5. The molecule has 2 rings (SSSR count). The lowest BCUT2D eigenvalue weighted by molar-refractivity contribution is 0.399. The first-order valence-corrected chi connectivity index (χ1v) is 4.76. The maximum absolute atomic E-state index is 5.99. The molecule has 0 amide bonds. The lowest BCUT2D eigenvalue weighted by Crippen LogP contribution is -1.87. The van der Waals surface area contributed by atoms with Gasteiger partial charge in [0.2, 0.25) is 5.88 Å². The van der Waals surface area contributed by atoms with Gasteiger partial charge in [0.05, 0.1) is 17.6 Å². The van der Waals surface area contributed by atoms with E-state index in [0.29, 0.717) is 15.9 Å². The van der Waals surface area contributed by atoms with Crippen LogP contribution >= 0.6 is 23.2 Å². The highest BCUT2D eigenvalue weighted by atomic mass is 35.5. The number of hydrogen-bond donors (Lipinski definition) is 0. The zero-order chi connectivity index (χ0) is 10.1. The number of aromatic nitrogens is 1. The monoisotopic (exact) mass is 227 g/mol. The van der Waals surface area contributed by atoms with E-state index in [1.165, 1.54) is 0 Å². The molecule has 14 heavy (non-hydrogen) atoms. The summed E-state index contributed by atoms with van der Waals surface area (Å²) in [6, 6.07) is 7.08. The summed E-state index contributed by atoms with van der Waals surface area (Å²) in [6.07, 6.45) is 0. The Kier molecular flexibility index (Phi) is 2.48. The predicted molar refractivity (Wildman–Crippen MR) is 58.3 cm³/mol. The van der Waals surface area contributed by atoms with E-state index in [9.17, 15) is 0 Å². The molecular weight excluding hydrogens is 221 g/mol. The topological polar surface area (TPSA) is 22.1 Å². The summed E-state index contributed by atoms with van der Waals surface area (Å²) < 4.78 is 5.00. The van der Waals surface area contributed by atoms with Gasteiger partial charge in [-0.2, -0.15) is 0 Å². The molecule has 0 saturated heterocycles. The minimum absolute atomic E-state index is 0.552. The fourth-order valence-electron chi connectivity index (χ4n) is 1.25. The van der Waals surface area contributed by atoms with Crippen molar-refractivity contribution in [2.24, 2.45) is 0 Å². The van der Waals surface area contributed by atoms with Crippen molar-refractivity contribution < 1.29 is 4.74 Å². The number of nitrogens with zero attached hydrogens (tertiary/aromatic N) is 1. The van der Waals surface area contributed by atoms with Crippen LogP contribution in [0.4, 0.5) is 0 Å². The van der Waals surface area contributed by atoms with Crippen molar-refractivity contribution in [3.8, 4) is 5.88 Å². The molecule has 0 N–H and O–H groups in total. The zero-order valence-electron chi connectivity index (χ0n) is 7.42.